The van der Waals surface area contributed by atoms with Crippen LogP contribution in [-0.2, 0) is 11.3 Å². The number of aromatic amines is 1. The van der Waals surface area contributed by atoms with Crippen molar-refractivity contribution in [2.45, 2.75) is 37.4 Å². The van der Waals surface area contributed by atoms with Gasteiger partial charge in [-0.1, -0.05) is 11.8 Å². The van der Waals surface area contributed by atoms with Crippen LogP contribution in [0.25, 0.3) is 22.5 Å². The molecule has 4 heterocycles. The molecule has 4 aromatic rings. The van der Waals surface area contributed by atoms with Gasteiger partial charge in [0.2, 0.25) is 5.91 Å². The minimum Gasteiger partial charge on any atom is -0.497 e. The van der Waals surface area contributed by atoms with Gasteiger partial charge in [0.15, 0.2) is 16.7 Å². The first kappa shape index (κ1) is 21.6. The van der Waals surface area contributed by atoms with Crippen LogP contribution in [-0.4, -0.2) is 56.5 Å². The van der Waals surface area contributed by atoms with Crippen molar-refractivity contribution in [3.05, 3.63) is 48.4 Å². The first-order chi connectivity index (χ1) is 16.2. The zero-order valence-electron chi connectivity index (χ0n) is 18.8. The molecule has 1 aliphatic heterocycles. The van der Waals surface area contributed by atoms with E-state index in [0.717, 1.165) is 42.4 Å². The van der Waals surface area contributed by atoms with Gasteiger partial charge in [-0.25, -0.2) is 0 Å². The molecule has 172 valence electrons. The summed E-state index contributed by atoms with van der Waals surface area (Å²) >= 11 is 1.43. The van der Waals surface area contributed by atoms with E-state index in [-0.39, 0.29) is 5.91 Å². The lowest BCUT2D eigenvalue weighted by Crippen LogP contribution is -2.39. The molecule has 1 saturated heterocycles. The van der Waals surface area contributed by atoms with E-state index in [4.69, 9.17) is 9.15 Å². The van der Waals surface area contributed by atoms with Gasteiger partial charge in [0.05, 0.1) is 19.1 Å². The van der Waals surface area contributed by atoms with Crippen LogP contribution >= 0.6 is 11.8 Å². The minimum atomic E-state index is 0.143. The highest BCUT2D eigenvalue weighted by Crippen LogP contribution is 2.35. The standard InChI is InChI=1S/C24H27N5O3S/c1-3-29-23(21-5-4-12-32-21)26-27-24(29)33-15-22(30)28-10-8-16(9-11-28)19-14-25-20-7-6-17(31-2)13-18(19)20/h4-7,12-14,16,25H,3,8-11,15H2,1-2H3. The van der Waals surface area contributed by atoms with E-state index in [1.165, 1.54) is 22.7 Å². The topological polar surface area (TPSA) is 89.2 Å². The van der Waals surface area contributed by atoms with E-state index in [1.807, 2.05) is 34.6 Å². The van der Waals surface area contributed by atoms with Gasteiger partial charge >= 0.3 is 0 Å². The normalized spacial score (nSPS) is 14.8. The molecular weight excluding hydrogens is 438 g/mol. The molecule has 1 fully saturated rings. The van der Waals surface area contributed by atoms with Crippen molar-refractivity contribution in [1.29, 1.82) is 0 Å². The second kappa shape index (κ2) is 9.35. The number of ether oxygens (including phenoxy) is 1. The predicted molar refractivity (Wildman–Crippen MR) is 128 cm³/mol. The van der Waals surface area contributed by atoms with E-state index in [9.17, 15) is 4.79 Å². The van der Waals surface area contributed by atoms with Crippen molar-refractivity contribution in [1.82, 2.24) is 24.6 Å². The van der Waals surface area contributed by atoms with Crippen LogP contribution in [0.5, 0.6) is 5.75 Å². The number of benzene rings is 1. The number of rotatable bonds is 7. The number of piperidine rings is 1. The third kappa shape index (κ3) is 4.25. The largest absolute Gasteiger partial charge is 0.497 e. The average Bonchev–Trinajstić information content (AvgIpc) is 3.61. The highest BCUT2D eigenvalue weighted by Gasteiger charge is 2.26. The fraction of sp³-hybridized carbons (Fsp3) is 0.375. The summed E-state index contributed by atoms with van der Waals surface area (Å²) in [7, 11) is 1.69. The van der Waals surface area contributed by atoms with Crippen LogP contribution in [0.1, 0.15) is 31.2 Å². The lowest BCUT2D eigenvalue weighted by molar-refractivity contribution is -0.129. The first-order valence-corrected chi connectivity index (χ1v) is 12.2. The van der Waals surface area contributed by atoms with Crippen molar-refractivity contribution in [2.75, 3.05) is 26.0 Å². The molecule has 8 nitrogen and oxygen atoms in total. The molecular formula is C24H27N5O3S. The van der Waals surface area contributed by atoms with Gasteiger partial charge < -0.3 is 19.0 Å². The van der Waals surface area contributed by atoms with Crippen LogP contribution in [0.3, 0.4) is 0 Å². The molecule has 0 aliphatic carbocycles. The Kier molecular flexibility index (Phi) is 6.13. The molecule has 1 aliphatic rings. The van der Waals surface area contributed by atoms with E-state index < -0.39 is 0 Å². The Morgan fingerprint density at radius 3 is 2.85 bits per heavy atom. The molecule has 0 radical (unpaired) electrons. The summed E-state index contributed by atoms with van der Waals surface area (Å²) in [6, 6.07) is 9.81. The summed E-state index contributed by atoms with van der Waals surface area (Å²) in [6.07, 6.45) is 5.63. The van der Waals surface area contributed by atoms with Gasteiger partial charge in [0.1, 0.15) is 5.75 Å². The number of carbonyl (C=O) groups excluding carboxylic acids is 1. The molecule has 0 bridgehead atoms. The number of fused-ring (bicyclic) bond motifs is 1. The maximum Gasteiger partial charge on any atom is 0.233 e. The number of hydrogen-bond acceptors (Lipinski definition) is 6. The highest BCUT2D eigenvalue weighted by molar-refractivity contribution is 7.99. The van der Waals surface area contributed by atoms with Crippen LogP contribution in [0.2, 0.25) is 0 Å². The SMILES string of the molecule is CCn1c(SCC(=O)N2CCC(c3c[nH]c4ccc(OC)cc34)CC2)nnc1-c1ccco1. The van der Waals surface area contributed by atoms with E-state index in [1.54, 1.807) is 13.4 Å². The maximum absolute atomic E-state index is 12.9. The Morgan fingerprint density at radius 1 is 1.27 bits per heavy atom. The molecule has 9 heteroatoms. The Bertz CT molecular complexity index is 1240. The molecule has 1 amide bonds. The summed E-state index contributed by atoms with van der Waals surface area (Å²) in [5.41, 5.74) is 2.43. The van der Waals surface area contributed by atoms with Crippen molar-refractivity contribution in [3.63, 3.8) is 0 Å². The summed E-state index contributed by atoms with van der Waals surface area (Å²) in [4.78, 5) is 18.2. The number of nitrogens with one attached hydrogen (secondary N) is 1. The predicted octanol–water partition coefficient (Wildman–Crippen LogP) is 4.55. The number of nitrogens with zero attached hydrogens (tertiary/aromatic N) is 4. The van der Waals surface area contributed by atoms with Crippen molar-refractivity contribution < 1.29 is 13.9 Å². The number of thioether (sulfide) groups is 1. The zero-order chi connectivity index (χ0) is 22.8. The van der Waals surface area contributed by atoms with Gasteiger partial charge in [-0.05, 0) is 61.6 Å². The monoisotopic (exact) mass is 465 g/mol. The quantitative estimate of drug-likeness (QED) is 0.403. The first-order valence-electron chi connectivity index (χ1n) is 11.2. The highest BCUT2D eigenvalue weighted by atomic mass is 32.2. The van der Waals surface area contributed by atoms with Crippen LogP contribution < -0.4 is 4.74 Å². The number of furan rings is 1. The van der Waals surface area contributed by atoms with Crippen molar-refractivity contribution >= 4 is 28.6 Å². The molecule has 3 aromatic heterocycles. The zero-order valence-corrected chi connectivity index (χ0v) is 19.6. The minimum absolute atomic E-state index is 0.143. The van der Waals surface area contributed by atoms with Crippen LogP contribution in [0.4, 0.5) is 0 Å². The lowest BCUT2D eigenvalue weighted by atomic mass is 9.89. The summed E-state index contributed by atoms with van der Waals surface area (Å²) < 4.78 is 12.8. The fourth-order valence-electron chi connectivity index (χ4n) is 4.51. The molecule has 33 heavy (non-hydrogen) atoms. The van der Waals surface area contributed by atoms with E-state index >= 15 is 0 Å². The summed E-state index contributed by atoms with van der Waals surface area (Å²) in [5.74, 6) is 3.16. The fourth-order valence-corrected chi connectivity index (χ4v) is 5.42. The number of methoxy groups -OCH3 is 1. The van der Waals surface area contributed by atoms with Gasteiger partial charge in [-0.2, -0.15) is 0 Å². The molecule has 1 N–H and O–H groups in total. The van der Waals surface area contributed by atoms with E-state index in [2.05, 4.69) is 33.5 Å². The lowest BCUT2D eigenvalue weighted by Gasteiger charge is -2.32. The Balaban J connectivity index is 1.20. The van der Waals surface area contributed by atoms with Crippen LogP contribution in [0.15, 0.2) is 52.4 Å². The van der Waals surface area contributed by atoms with Gasteiger partial charge in [-0.15, -0.1) is 10.2 Å². The van der Waals surface area contributed by atoms with Gasteiger partial charge in [0, 0.05) is 36.7 Å². The summed E-state index contributed by atoms with van der Waals surface area (Å²) in [6.45, 7) is 4.27. The van der Waals surface area contributed by atoms with Gasteiger partial charge in [-0.3, -0.25) is 9.36 Å². The Morgan fingerprint density at radius 2 is 2.12 bits per heavy atom. The number of hydrogen-bond donors (Lipinski definition) is 1. The molecule has 0 atom stereocenters. The Labute approximate surface area is 196 Å². The second-order valence-corrected chi connectivity index (χ2v) is 9.07. The number of carbonyl (C=O) groups is 1. The van der Waals surface area contributed by atoms with Gasteiger partial charge in [0.25, 0.3) is 0 Å². The molecule has 1 aromatic carbocycles. The number of aromatic nitrogens is 4. The molecule has 0 unspecified atom stereocenters. The van der Waals surface area contributed by atoms with Crippen molar-refractivity contribution in [3.8, 4) is 17.3 Å². The van der Waals surface area contributed by atoms with E-state index in [0.29, 0.717) is 29.8 Å². The Hall–Kier alpha value is -3.20. The third-order valence-electron chi connectivity index (χ3n) is 6.31. The number of H-pyrrole nitrogens is 1. The second-order valence-electron chi connectivity index (χ2n) is 8.13. The number of likely N-dealkylation sites (tertiary alicyclic amines) is 1. The van der Waals surface area contributed by atoms with Crippen molar-refractivity contribution in [2.24, 2.45) is 0 Å². The molecule has 0 saturated carbocycles. The summed E-state index contributed by atoms with van der Waals surface area (Å²) in [5, 5.41) is 10.5. The number of amides is 1. The average molecular weight is 466 g/mol. The maximum atomic E-state index is 12.9. The molecule has 5 rings (SSSR count). The van der Waals surface area contributed by atoms with Crippen LogP contribution in [0, 0.1) is 0 Å². The third-order valence-corrected chi connectivity index (χ3v) is 7.26. The molecule has 0 spiro atoms. The smallest absolute Gasteiger partial charge is 0.233 e.